The molecule has 0 aromatic carbocycles. The van der Waals surface area contributed by atoms with E-state index >= 15 is 0 Å². The first-order chi connectivity index (χ1) is 13.8. The van der Waals surface area contributed by atoms with Gasteiger partial charge in [-0.05, 0) is 25.8 Å². The van der Waals surface area contributed by atoms with E-state index in [1.807, 2.05) is 6.92 Å². The van der Waals surface area contributed by atoms with Crippen molar-refractivity contribution in [2.75, 3.05) is 45.8 Å². The van der Waals surface area contributed by atoms with Crippen LogP contribution in [0.25, 0.3) is 0 Å². The second-order valence-electron chi connectivity index (χ2n) is 9.00. The van der Waals surface area contributed by atoms with Crippen LogP contribution in [-0.4, -0.2) is 84.1 Å². The van der Waals surface area contributed by atoms with Crippen LogP contribution in [0.5, 0.6) is 0 Å². The molecule has 162 valence electrons. The van der Waals surface area contributed by atoms with Gasteiger partial charge in [-0.1, -0.05) is 27.2 Å². The minimum atomic E-state index is -0.970. The highest BCUT2D eigenvalue weighted by atomic mass is 16.2. The summed E-state index contributed by atoms with van der Waals surface area (Å²) < 4.78 is 0. The largest absolute Gasteiger partial charge is 0.314 e. The van der Waals surface area contributed by atoms with Crippen molar-refractivity contribution in [1.29, 1.82) is 0 Å². The summed E-state index contributed by atoms with van der Waals surface area (Å²) >= 11 is 0. The zero-order chi connectivity index (χ0) is 21.2. The molecule has 2 unspecified atom stereocenters. The number of rotatable bonds is 8. The Balaban J connectivity index is 1.67. The fourth-order valence-corrected chi connectivity index (χ4v) is 4.79. The summed E-state index contributed by atoms with van der Waals surface area (Å²) in [4.78, 5) is 57.0. The molecule has 1 N–H and O–H groups in total. The number of fused-ring (bicyclic) bond motifs is 2. The zero-order valence-electron chi connectivity index (χ0n) is 17.9. The molecule has 3 heterocycles. The van der Waals surface area contributed by atoms with E-state index in [-0.39, 0.29) is 13.1 Å². The number of imide groups is 2. The number of carbonyl (C=O) groups is 4. The Morgan fingerprint density at radius 2 is 1.24 bits per heavy atom. The normalized spacial score (nSPS) is 27.7. The minimum Gasteiger partial charge on any atom is -0.314 e. The van der Waals surface area contributed by atoms with Crippen LogP contribution < -0.4 is 5.32 Å². The van der Waals surface area contributed by atoms with Crippen LogP contribution in [-0.2, 0) is 19.2 Å². The van der Waals surface area contributed by atoms with Crippen LogP contribution in [0, 0.1) is 17.3 Å². The van der Waals surface area contributed by atoms with Gasteiger partial charge in [-0.25, -0.2) is 0 Å². The molecule has 3 aliphatic heterocycles. The molecule has 0 aliphatic carbocycles. The molecular weight excluding hydrogens is 372 g/mol. The van der Waals surface area contributed by atoms with E-state index in [0.717, 1.165) is 50.5 Å². The number of carbonyl (C=O) groups excluding carboxylic acids is 4. The average Bonchev–Trinajstić information content (AvgIpc) is 2.67. The second kappa shape index (κ2) is 8.92. The van der Waals surface area contributed by atoms with E-state index in [1.54, 1.807) is 13.8 Å². The first kappa shape index (κ1) is 21.9. The molecule has 8 nitrogen and oxygen atoms in total. The van der Waals surface area contributed by atoms with Crippen LogP contribution in [0.2, 0.25) is 0 Å². The van der Waals surface area contributed by atoms with E-state index in [0.29, 0.717) is 12.8 Å². The SMILES string of the molecule is CCCCN1C(=O)C2C(=O)N(CCCCN3CCNCC3)C(=O)C(C1=O)C2(C)C. The van der Waals surface area contributed by atoms with Crippen molar-refractivity contribution < 1.29 is 19.2 Å². The molecule has 3 rings (SSSR count). The predicted octanol–water partition coefficient (Wildman–Crippen LogP) is 0.468. The molecule has 3 aliphatic rings. The van der Waals surface area contributed by atoms with Gasteiger partial charge in [-0.15, -0.1) is 0 Å². The van der Waals surface area contributed by atoms with Crippen LogP contribution in [0.3, 0.4) is 0 Å². The van der Waals surface area contributed by atoms with E-state index in [9.17, 15) is 19.2 Å². The van der Waals surface area contributed by atoms with Crippen molar-refractivity contribution >= 4 is 23.6 Å². The summed E-state index contributed by atoms with van der Waals surface area (Å²) in [5.41, 5.74) is -0.970. The third-order valence-corrected chi connectivity index (χ3v) is 6.59. The Kier molecular flexibility index (Phi) is 6.73. The van der Waals surface area contributed by atoms with Gasteiger partial charge in [0.15, 0.2) is 0 Å². The first-order valence-electron chi connectivity index (χ1n) is 10.9. The molecular formula is C21H34N4O4. The minimum absolute atomic E-state index is 0.280. The van der Waals surface area contributed by atoms with Gasteiger partial charge in [0.25, 0.3) is 0 Å². The van der Waals surface area contributed by atoms with Gasteiger partial charge in [-0.2, -0.15) is 0 Å². The van der Waals surface area contributed by atoms with Gasteiger partial charge in [0.2, 0.25) is 23.6 Å². The smallest absolute Gasteiger partial charge is 0.242 e. The van der Waals surface area contributed by atoms with Gasteiger partial charge in [0, 0.05) is 44.7 Å². The lowest BCUT2D eigenvalue weighted by Gasteiger charge is -2.51. The Hall–Kier alpha value is -1.80. The average molecular weight is 407 g/mol. The lowest BCUT2D eigenvalue weighted by molar-refractivity contribution is -0.184. The van der Waals surface area contributed by atoms with Gasteiger partial charge < -0.3 is 10.2 Å². The van der Waals surface area contributed by atoms with Gasteiger partial charge in [0.1, 0.15) is 11.8 Å². The van der Waals surface area contributed by atoms with Crippen LogP contribution in [0.15, 0.2) is 0 Å². The number of amides is 4. The van der Waals surface area contributed by atoms with Crippen LogP contribution in [0.1, 0.15) is 46.5 Å². The Morgan fingerprint density at radius 1 is 0.793 bits per heavy atom. The third kappa shape index (κ3) is 4.10. The Labute approximate surface area is 172 Å². The summed E-state index contributed by atoms with van der Waals surface area (Å²) in [6.45, 7) is 10.9. The molecule has 0 spiro atoms. The van der Waals surface area contributed by atoms with Gasteiger partial charge >= 0.3 is 0 Å². The fraction of sp³-hybridized carbons (Fsp3) is 0.810. The Morgan fingerprint density at radius 3 is 1.72 bits per heavy atom. The summed E-state index contributed by atoms with van der Waals surface area (Å²) in [5.74, 6) is -3.64. The molecule has 8 heteroatoms. The van der Waals surface area contributed by atoms with Gasteiger partial charge in [0.05, 0.1) is 0 Å². The quantitative estimate of drug-likeness (QED) is 0.358. The summed E-state index contributed by atoms with van der Waals surface area (Å²) in [6, 6.07) is 0. The summed E-state index contributed by atoms with van der Waals surface area (Å²) in [7, 11) is 0. The molecule has 0 saturated carbocycles. The lowest BCUT2D eigenvalue weighted by atomic mass is 9.62. The highest BCUT2D eigenvalue weighted by Crippen LogP contribution is 2.47. The molecule has 0 aromatic rings. The highest BCUT2D eigenvalue weighted by molar-refractivity contribution is 6.22. The number of likely N-dealkylation sites (tertiary alicyclic amines) is 2. The number of hydrogen-bond donors (Lipinski definition) is 1. The molecule has 2 bridgehead atoms. The van der Waals surface area contributed by atoms with Crippen molar-refractivity contribution in [2.24, 2.45) is 17.3 Å². The number of hydrogen-bond acceptors (Lipinski definition) is 6. The molecule has 3 saturated heterocycles. The standard InChI is InChI=1S/C21H34N4O4/c1-4-5-11-24-17(26)15-19(28)25(20(29)16(18(24)27)21(15,2)3)12-7-6-10-23-13-8-22-9-14-23/h15-16,22H,4-14H2,1-3H3. The topological polar surface area (TPSA) is 90.0 Å². The number of unbranched alkanes of at least 4 members (excludes halogenated alkanes) is 2. The second-order valence-corrected chi connectivity index (χ2v) is 9.00. The number of piperazine rings is 1. The first-order valence-corrected chi connectivity index (χ1v) is 10.9. The number of nitrogens with zero attached hydrogens (tertiary/aromatic N) is 3. The predicted molar refractivity (Wildman–Crippen MR) is 108 cm³/mol. The monoisotopic (exact) mass is 406 g/mol. The molecule has 3 fully saturated rings. The van der Waals surface area contributed by atoms with Crippen molar-refractivity contribution in [1.82, 2.24) is 20.0 Å². The Bertz CT molecular complexity index is 634. The highest BCUT2D eigenvalue weighted by Gasteiger charge is 2.64. The molecule has 0 aromatic heterocycles. The molecule has 29 heavy (non-hydrogen) atoms. The maximum atomic E-state index is 13.1. The summed E-state index contributed by atoms with van der Waals surface area (Å²) in [5, 5.41) is 3.32. The van der Waals surface area contributed by atoms with E-state index in [2.05, 4.69) is 10.2 Å². The fourth-order valence-electron chi connectivity index (χ4n) is 4.79. The van der Waals surface area contributed by atoms with Crippen molar-refractivity contribution in [3.8, 4) is 0 Å². The maximum Gasteiger partial charge on any atom is 0.242 e. The number of piperidine rings is 2. The van der Waals surface area contributed by atoms with E-state index in [4.69, 9.17) is 0 Å². The van der Waals surface area contributed by atoms with E-state index in [1.165, 1.54) is 4.90 Å². The van der Waals surface area contributed by atoms with E-state index < -0.39 is 40.9 Å². The third-order valence-electron chi connectivity index (χ3n) is 6.59. The molecule has 4 amide bonds. The molecule has 0 radical (unpaired) electrons. The van der Waals surface area contributed by atoms with Crippen molar-refractivity contribution in [3.63, 3.8) is 0 Å². The summed E-state index contributed by atoms with van der Waals surface area (Å²) in [6.07, 6.45) is 3.07. The lowest BCUT2D eigenvalue weighted by Crippen LogP contribution is -2.70. The zero-order valence-corrected chi connectivity index (χ0v) is 17.9. The van der Waals surface area contributed by atoms with Crippen LogP contribution >= 0.6 is 0 Å². The molecule has 2 atom stereocenters. The van der Waals surface area contributed by atoms with Crippen LogP contribution in [0.4, 0.5) is 0 Å². The van der Waals surface area contributed by atoms with Crippen molar-refractivity contribution in [3.05, 3.63) is 0 Å². The van der Waals surface area contributed by atoms with Gasteiger partial charge in [-0.3, -0.25) is 29.0 Å². The van der Waals surface area contributed by atoms with Crippen molar-refractivity contribution in [2.45, 2.75) is 46.5 Å². The maximum absolute atomic E-state index is 13.1. The number of nitrogens with one attached hydrogen (secondary N) is 1.